The number of nitrogens with zero attached hydrogens (tertiary/aromatic N) is 1. The first-order chi connectivity index (χ1) is 8.22. The Balaban J connectivity index is 2.22. The summed E-state index contributed by atoms with van der Waals surface area (Å²) in [5.74, 6) is -0.884. The van der Waals surface area contributed by atoms with E-state index in [-0.39, 0.29) is 5.76 Å². The Hall–Kier alpha value is -1.40. The minimum atomic E-state index is -1.09. The number of oxazole rings is 1. The van der Waals surface area contributed by atoms with Crippen molar-refractivity contribution < 1.29 is 23.8 Å². The first-order valence-electron chi connectivity index (χ1n) is 5.64. The van der Waals surface area contributed by atoms with Gasteiger partial charge in [0.25, 0.3) is 0 Å². The molecule has 17 heavy (non-hydrogen) atoms. The van der Waals surface area contributed by atoms with E-state index in [2.05, 4.69) is 4.98 Å². The second-order valence-corrected chi connectivity index (χ2v) is 3.82. The number of aromatic nitrogens is 1. The second-order valence-electron chi connectivity index (χ2n) is 3.82. The van der Waals surface area contributed by atoms with Gasteiger partial charge in [0.2, 0.25) is 11.7 Å². The quantitative estimate of drug-likeness (QED) is 0.858. The zero-order valence-electron chi connectivity index (χ0n) is 9.64. The standard InChI is InChI=1S/C11H15NO5/c1-2-3-7-9(11(13)14)17-10(12-7)8-6-15-4-5-16-8/h8H,2-6H2,1H3,(H,13,14). The van der Waals surface area contributed by atoms with E-state index in [9.17, 15) is 4.79 Å². The van der Waals surface area contributed by atoms with Gasteiger partial charge >= 0.3 is 5.97 Å². The highest BCUT2D eigenvalue weighted by molar-refractivity contribution is 5.85. The third kappa shape index (κ3) is 2.65. The monoisotopic (exact) mass is 241 g/mol. The van der Waals surface area contributed by atoms with Gasteiger partial charge in [0.1, 0.15) is 0 Å². The maximum atomic E-state index is 11.0. The fourth-order valence-electron chi connectivity index (χ4n) is 1.71. The van der Waals surface area contributed by atoms with E-state index in [1.807, 2.05) is 6.92 Å². The van der Waals surface area contributed by atoms with Crippen LogP contribution in [0.1, 0.15) is 41.6 Å². The van der Waals surface area contributed by atoms with Crippen LogP contribution in [0.15, 0.2) is 4.42 Å². The zero-order chi connectivity index (χ0) is 12.3. The fraction of sp³-hybridized carbons (Fsp3) is 0.636. The van der Waals surface area contributed by atoms with Crippen LogP contribution in [-0.4, -0.2) is 35.9 Å². The second kappa shape index (κ2) is 5.29. The summed E-state index contributed by atoms with van der Waals surface area (Å²) in [5, 5.41) is 9.00. The normalized spacial score (nSPS) is 20.4. The lowest BCUT2D eigenvalue weighted by atomic mass is 10.2. The van der Waals surface area contributed by atoms with Gasteiger partial charge in [-0.05, 0) is 6.42 Å². The van der Waals surface area contributed by atoms with Gasteiger partial charge in [-0.1, -0.05) is 13.3 Å². The molecule has 1 aromatic heterocycles. The molecule has 1 unspecified atom stereocenters. The Morgan fingerprint density at radius 1 is 1.53 bits per heavy atom. The Bertz CT molecular complexity index is 395. The van der Waals surface area contributed by atoms with Crippen molar-refractivity contribution in [2.45, 2.75) is 25.9 Å². The van der Waals surface area contributed by atoms with Crippen molar-refractivity contribution in [3.63, 3.8) is 0 Å². The van der Waals surface area contributed by atoms with Crippen molar-refractivity contribution in [3.8, 4) is 0 Å². The molecule has 0 aromatic carbocycles. The molecule has 1 saturated heterocycles. The molecule has 0 saturated carbocycles. The number of carboxylic acids is 1. The van der Waals surface area contributed by atoms with E-state index >= 15 is 0 Å². The summed E-state index contributed by atoms with van der Waals surface area (Å²) in [7, 11) is 0. The maximum absolute atomic E-state index is 11.0. The van der Waals surface area contributed by atoms with Crippen LogP contribution < -0.4 is 0 Å². The van der Waals surface area contributed by atoms with Gasteiger partial charge in [0.05, 0.1) is 25.5 Å². The molecule has 2 rings (SSSR count). The summed E-state index contributed by atoms with van der Waals surface area (Å²) in [6.07, 6.45) is 1.000. The fourth-order valence-corrected chi connectivity index (χ4v) is 1.71. The number of aromatic carboxylic acids is 1. The van der Waals surface area contributed by atoms with E-state index < -0.39 is 12.1 Å². The van der Waals surface area contributed by atoms with Crippen LogP contribution in [0, 0.1) is 0 Å². The lowest BCUT2D eigenvalue weighted by molar-refractivity contribution is -0.0998. The average molecular weight is 241 g/mol. The van der Waals surface area contributed by atoms with Crippen molar-refractivity contribution in [1.82, 2.24) is 4.98 Å². The SMILES string of the molecule is CCCc1nc(C2COCCO2)oc1C(=O)O. The van der Waals surface area contributed by atoms with Crippen molar-refractivity contribution >= 4 is 5.97 Å². The van der Waals surface area contributed by atoms with Crippen LogP contribution in [-0.2, 0) is 15.9 Å². The van der Waals surface area contributed by atoms with Gasteiger partial charge in [0, 0.05) is 0 Å². The van der Waals surface area contributed by atoms with Crippen LogP contribution in [0.4, 0.5) is 0 Å². The third-order valence-electron chi connectivity index (χ3n) is 2.49. The molecule has 0 bridgehead atoms. The molecule has 1 aliphatic heterocycles. The van der Waals surface area contributed by atoms with Gasteiger partial charge in [-0.25, -0.2) is 9.78 Å². The number of rotatable bonds is 4. The van der Waals surface area contributed by atoms with Crippen molar-refractivity contribution in [2.24, 2.45) is 0 Å². The molecule has 94 valence electrons. The number of carbonyl (C=O) groups is 1. The van der Waals surface area contributed by atoms with Crippen molar-refractivity contribution in [2.75, 3.05) is 19.8 Å². The van der Waals surface area contributed by atoms with Crippen LogP contribution in [0.25, 0.3) is 0 Å². The molecular weight excluding hydrogens is 226 g/mol. The number of aryl methyl sites for hydroxylation is 1. The molecule has 1 N–H and O–H groups in total. The largest absolute Gasteiger partial charge is 0.475 e. The lowest BCUT2D eigenvalue weighted by Gasteiger charge is -2.19. The lowest BCUT2D eigenvalue weighted by Crippen LogP contribution is -2.22. The zero-order valence-corrected chi connectivity index (χ0v) is 9.64. The van der Waals surface area contributed by atoms with Gasteiger partial charge < -0.3 is 19.0 Å². The van der Waals surface area contributed by atoms with Gasteiger partial charge in [-0.2, -0.15) is 0 Å². The predicted octanol–water partition coefficient (Wildman–Crippen LogP) is 1.41. The van der Waals surface area contributed by atoms with Crippen LogP contribution in [0.5, 0.6) is 0 Å². The third-order valence-corrected chi connectivity index (χ3v) is 2.49. The maximum Gasteiger partial charge on any atom is 0.373 e. The molecule has 0 amide bonds. The summed E-state index contributed by atoms with van der Waals surface area (Å²) in [6, 6.07) is 0. The topological polar surface area (TPSA) is 81.8 Å². The summed E-state index contributed by atoms with van der Waals surface area (Å²) in [6.45, 7) is 3.33. The molecule has 1 atom stereocenters. The highest BCUT2D eigenvalue weighted by atomic mass is 16.6. The van der Waals surface area contributed by atoms with Crippen LogP contribution in [0.3, 0.4) is 0 Å². The Labute approximate surface area is 98.5 Å². The van der Waals surface area contributed by atoms with E-state index in [1.165, 1.54) is 0 Å². The molecule has 6 nitrogen and oxygen atoms in total. The van der Waals surface area contributed by atoms with E-state index in [0.29, 0.717) is 37.8 Å². The molecule has 0 aliphatic carbocycles. The first kappa shape index (κ1) is 12.1. The Morgan fingerprint density at radius 3 is 2.94 bits per heavy atom. The average Bonchev–Trinajstić information content (AvgIpc) is 2.75. The number of ether oxygens (including phenoxy) is 2. The van der Waals surface area contributed by atoms with Gasteiger partial charge in [-0.3, -0.25) is 0 Å². The molecule has 0 spiro atoms. The van der Waals surface area contributed by atoms with Gasteiger partial charge in [0.15, 0.2) is 6.10 Å². The molecule has 1 fully saturated rings. The summed E-state index contributed by atoms with van der Waals surface area (Å²) >= 11 is 0. The van der Waals surface area contributed by atoms with E-state index in [1.54, 1.807) is 0 Å². The smallest absolute Gasteiger partial charge is 0.373 e. The van der Waals surface area contributed by atoms with Crippen molar-refractivity contribution in [1.29, 1.82) is 0 Å². The number of hydrogen-bond acceptors (Lipinski definition) is 5. The van der Waals surface area contributed by atoms with Crippen LogP contribution >= 0.6 is 0 Å². The van der Waals surface area contributed by atoms with Crippen LogP contribution in [0.2, 0.25) is 0 Å². The van der Waals surface area contributed by atoms with E-state index in [4.69, 9.17) is 19.0 Å². The molecule has 2 heterocycles. The molecule has 0 radical (unpaired) electrons. The molecule has 1 aromatic rings. The summed E-state index contributed by atoms with van der Waals surface area (Å²) < 4.78 is 15.9. The highest BCUT2D eigenvalue weighted by Crippen LogP contribution is 2.23. The molecule has 6 heteroatoms. The number of carboxylic acid groups (broad SMARTS) is 1. The molecule has 1 aliphatic rings. The van der Waals surface area contributed by atoms with E-state index in [0.717, 1.165) is 6.42 Å². The Kier molecular flexibility index (Phi) is 3.75. The highest BCUT2D eigenvalue weighted by Gasteiger charge is 2.26. The summed E-state index contributed by atoms with van der Waals surface area (Å²) in [4.78, 5) is 15.2. The van der Waals surface area contributed by atoms with Gasteiger partial charge in [-0.15, -0.1) is 0 Å². The minimum absolute atomic E-state index is 0.0870. The first-order valence-corrected chi connectivity index (χ1v) is 5.64. The predicted molar refractivity (Wildman–Crippen MR) is 57.0 cm³/mol. The molecular formula is C11H15NO5. The number of hydrogen-bond donors (Lipinski definition) is 1. The van der Waals surface area contributed by atoms with Crippen molar-refractivity contribution in [3.05, 3.63) is 17.3 Å². The summed E-state index contributed by atoms with van der Waals surface area (Å²) in [5.41, 5.74) is 0.476. The minimum Gasteiger partial charge on any atom is -0.475 e. The Morgan fingerprint density at radius 2 is 2.35 bits per heavy atom.